The van der Waals surface area contributed by atoms with Crippen LogP contribution in [0.5, 0.6) is 5.75 Å². The molecular weight excluding hydrogens is 344 g/mol. The van der Waals surface area contributed by atoms with E-state index in [1.165, 1.54) is 25.9 Å². The van der Waals surface area contributed by atoms with Gasteiger partial charge in [-0.25, -0.2) is 0 Å². The lowest BCUT2D eigenvalue weighted by Crippen LogP contribution is -2.35. The molecule has 0 aliphatic carbocycles. The van der Waals surface area contributed by atoms with E-state index in [9.17, 15) is 4.79 Å². The fourth-order valence-corrected chi connectivity index (χ4v) is 3.21. The Morgan fingerprint density at radius 1 is 1.33 bits per heavy atom. The predicted molar refractivity (Wildman–Crippen MR) is 102 cm³/mol. The van der Waals surface area contributed by atoms with E-state index in [4.69, 9.17) is 9.26 Å². The van der Waals surface area contributed by atoms with Crippen LogP contribution in [0.25, 0.3) is 0 Å². The molecule has 0 spiro atoms. The first-order valence-electron chi connectivity index (χ1n) is 9.63. The number of hydrogen-bond donors (Lipinski definition) is 1. The van der Waals surface area contributed by atoms with Crippen LogP contribution in [-0.4, -0.2) is 47.1 Å². The van der Waals surface area contributed by atoms with E-state index in [2.05, 4.69) is 27.3 Å². The molecule has 1 aromatic carbocycles. The molecule has 0 unspecified atom stereocenters. The van der Waals surface area contributed by atoms with Gasteiger partial charge in [-0.1, -0.05) is 24.2 Å². The van der Waals surface area contributed by atoms with Gasteiger partial charge in [0.25, 0.3) is 5.91 Å². The van der Waals surface area contributed by atoms with Gasteiger partial charge in [0.1, 0.15) is 5.75 Å². The highest BCUT2D eigenvalue weighted by molar-refractivity contribution is 5.96. The number of hydrogen-bond acceptors (Lipinski definition) is 6. The van der Waals surface area contributed by atoms with Crippen molar-refractivity contribution in [2.45, 2.75) is 39.7 Å². The molecule has 1 aromatic heterocycles. The zero-order valence-corrected chi connectivity index (χ0v) is 16.1. The normalized spacial score (nSPS) is 15.6. The van der Waals surface area contributed by atoms with Crippen molar-refractivity contribution in [2.75, 3.05) is 26.2 Å². The van der Waals surface area contributed by atoms with Crippen LogP contribution in [0.15, 0.2) is 28.8 Å². The largest absolute Gasteiger partial charge is 0.485 e. The van der Waals surface area contributed by atoms with E-state index >= 15 is 0 Å². The number of para-hydroxylation sites is 1. The lowest BCUT2D eigenvalue weighted by atomic mass is 9.99. The van der Waals surface area contributed by atoms with Crippen molar-refractivity contribution in [2.24, 2.45) is 5.92 Å². The van der Waals surface area contributed by atoms with Crippen molar-refractivity contribution in [1.82, 2.24) is 20.4 Å². The number of aromatic nitrogens is 2. The van der Waals surface area contributed by atoms with Gasteiger partial charge in [0, 0.05) is 13.5 Å². The van der Waals surface area contributed by atoms with Gasteiger partial charge in [-0.2, -0.15) is 4.98 Å². The van der Waals surface area contributed by atoms with Gasteiger partial charge in [-0.3, -0.25) is 4.79 Å². The Morgan fingerprint density at radius 3 is 2.85 bits per heavy atom. The summed E-state index contributed by atoms with van der Waals surface area (Å²) in [4.78, 5) is 19.1. The molecule has 0 atom stereocenters. The standard InChI is InChI=1S/C20H28N4O3/c1-15-8-12-24(13-9-15)11-5-10-21-20(25)17-6-3-4-7-18(17)26-14-19-22-16(2)27-23-19/h3-4,6-7,15H,5,8-14H2,1-2H3,(H,21,25). The molecule has 0 saturated carbocycles. The summed E-state index contributed by atoms with van der Waals surface area (Å²) < 4.78 is 10.6. The number of aryl methyl sites for hydroxylation is 1. The molecule has 1 fully saturated rings. The molecule has 1 saturated heterocycles. The second kappa shape index (κ2) is 9.50. The molecule has 0 bridgehead atoms. The quantitative estimate of drug-likeness (QED) is 0.718. The average molecular weight is 372 g/mol. The van der Waals surface area contributed by atoms with Gasteiger partial charge in [0.05, 0.1) is 5.56 Å². The fraction of sp³-hybridized carbons (Fsp3) is 0.550. The summed E-state index contributed by atoms with van der Waals surface area (Å²) >= 11 is 0. The number of nitrogens with zero attached hydrogens (tertiary/aromatic N) is 3. The third kappa shape index (κ3) is 5.79. The van der Waals surface area contributed by atoms with Gasteiger partial charge in [0.2, 0.25) is 11.7 Å². The molecule has 0 radical (unpaired) electrons. The van der Waals surface area contributed by atoms with E-state index in [0.29, 0.717) is 29.6 Å². The molecule has 1 amide bonds. The molecule has 146 valence electrons. The molecule has 7 nitrogen and oxygen atoms in total. The Labute approximate surface area is 160 Å². The van der Waals surface area contributed by atoms with Gasteiger partial charge in [-0.15, -0.1) is 0 Å². The monoisotopic (exact) mass is 372 g/mol. The number of nitrogens with one attached hydrogen (secondary N) is 1. The number of carbonyl (C=O) groups excluding carboxylic acids is 1. The number of piperidine rings is 1. The Hall–Kier alpha value is -2.41. The number of amides is 1. The molecule has 7 heteroatoms. The first kappa shape index (κ1) is 19.4. The van der Waals surface area contributed by atoms with E-state index in [-0.39, 0.29) is 12.5 Å². The summed E-state index contributed by atoms with van der Waals surface area (Å²) in [6.07, 6.45) is 3.50. The molecule has 2 heterocycles. The Morgan fingerprint density at radius 2 is 2.11 bits per heavy atom. The Kier molecular flexibility index (Phi) is 6.81. The van der Waals surface area contributed by atoms with E-state index in [1.54, 1.807) is 19.1 Å². The minimum atomic E-state index is -0.123. The number of rotatable bonds is 8. The average Bonchev–Trinajstić information content (AvgIpc) is 3.10. The summed E-state index contributed by atoms with van der Waals surface area (Å²) in [5, 5.41) is 6.79. The zero-order chi connectivity index (χ0) is 19.1. The molecule has 1 N–H and O–H groups in total. The van der Waals surface area contributed by atoms with Crippen LogP contribution in [0.1, 0.15) is 48.3 Å². The zero-order valence-electron chi connectivity index (χ0n) is 16.1. The highest BCUT2D eigenvalue weighted by Gasteiger charge is 2.16. The van der Waals surface area contributed by atoms with Crippen molar-refractivity contribution in [1.29, 1.82) is 0 Å². The van der Waals surface area contributed by atoms with Crippen molar-refractivity contribution < 1.29 is 14.1 Å². The lowest BCUT2D eigenvalue weighted by Gasteiger charge is -2.30. The summed E-state index contributed by atoms with van der Waals surface area (Å²) in [7, 11) is 0. The highest BCUT2D eigenvalue weighted by Crippen LogP contribution is 2.19. The van der Waals surface area contributed by atoms with Crippen LogP contribution >= 0.6 is 0 Å². The number of likely N-dealkylation sites (tertiary alicyclic amines) is 1. The molecule has 1 aliphatic rings. The first-order valence-corrected chi connectivity index (χ1v) is 9.63. The topological polar surface area (TPSA) is 80.5 Å². The summed E-state index contributed by atoms with van der Waals surface area (Å²) in [5.41, 5.74) is 0.518. The second-order valence-corrected chi connectivity index (χ2v) is 7.15. The minimum absolute atomic E-state index is 0.123. The molecular formula is C20H28N4O3. The van der Waals surface area contributed by atoms with Crippen molar-refractivity contribution in [3.63, 3.8) is 0 Å². The van der Waals surface area contributed by atoms with Gasteiger partial charge >= 0.3 is 0 Å². The van der Waals surface area contributed by atoms with Crippen molar-refractivity contribution in [3.8, 4) is 5.75 Å². The van der Waals surface area contributed by atoms with Gasteiger partial charge in [0.15, 0.2) is 6.61 Å². The lowest BCUT2D eigenvalue weighted by molar-refractivity contribution is 0.0946. The molecule has 2 aromatic rings. The molecule has 1 aliphatic heterocycles. The van der Waals surface area contributed by atoms with Crippen LogP contribution in [-0.2, 0) is 6.61 Å². The maximum absolute atomic E-state index is 12.5. The van der Waals surface area contributed by atoms with E-state index < -0.39 is 0 Å². The van der Waals surface area contributed by atoms with Gasteiger partial charge < -0.3 is 19.5 Å². The predicted octanol–water partition coefficient (Wildman–Crippen LogP) is 2.81. The van der Waals surface area contributed by atoms with Crippen molar-refractivity contribution in [3.05, 3.63) is 41.5 Å². The van der Waals surface area contributed by atoms with Crippen LogP contribution in [0.2, 0.25) is 0 Å². The van der Waals surface area contributed by atoms with Crippen LogP contribution in [0.3, 0.4) is 0 Å². The van der Waals surface area contributed by atoms with Crippen LogP contribution in [0.4, 0.5) is 0 Å². The molecule has 27 heavy (non-hydrogen) atoms. The minimum Gasteiger partial charge on any atom is -0.485 e. The summed E-state index contributed by atoms with van der Waals surface area (Å²) in [6, 6.07) is 7.20. The highest BCUT2D eigenvalue weighted by atomic mass is 16.5. The third-order valence-electron chi connectivity index (χ3n) is 4.87. The summed E-state index contributed by atoms with van der Waals surface area (Å²) in [5.74, 6) is 2.18. The number of carbonyl (C=O) groups is 1. The smallest absolute Gasteiger partial charge is 0.255 e. The Balaban J connectivity index is 1.45. The fourth-order valence-electron chi connectivity index (χ4n) is 3.21. The van der Waals surface area contributed by atoms with Crippen molar-refractivity contribution >= 4 is 5.91 Å². The summed E-state index contributed by atoms with van der Waals surface area (Å²) in [6.45, 7) is 8.22. The number of ether oxygens (including phenoxy) is 1. The van der Waals surface area contributed by atoms with E-state index in [1.807, 2.05) is 12.1 Å². The molecule has 3 rings (SSSR count). The van der Waals surface area contributed by atoms with E-state index in [0.717, 1.165) is 18.9 Å². The van der Waals surface area contributed by atoms with Crippen LogP contribution in [0, 0.1) is 12.8 Å². The maximum atomic E-state index is 12.5. The maximum Gasteiger partial charge on any atom is 0.255 e. The third-order valence-corrected chi connectivity index (χ3v) is 4.87. The SMILES string of the molecule is Cc1nc(COc2ccccc2C(=O)NCCCN2CCC(C)CC2)no1. The Bertz CT molecular complexity index is 738. The second-order valence-electron chi connectivity index (χ2n) is 7.15. The van der Waals surface area contributed by atoms with Crippen LogP contribution < -0.4 is 10.1 Å². The number of benzene rings is 1. The first-order chi connectivity index (χ1) is 13.1. The van der Waals surface area contributed by atoms with Gasteiger partial charge in [-0.05, 0) is 56.9 Å².